The first-order valence-electron chi connectivity index (χ1n) is 6.31. The van der Waals surface area contributed by atoms with E-state index in [4.69, 9.17) is 4.74 Å². The molecule has 2 rings (SSSR count). The lowest BCUT2D eigenvalue weighted by atomic mass is 10.2. The fourth-order valence-electron chi connectivity index (χ4n) is 2.55. The summed E-state index contributed by atoms with van der Waals surface area (Å²) in [6.45, 7) is 0.512. The summed E-state index contributed by atoms with van der Waals surface area (Å²) in [5.74, 6) is -0.778. The van der Waals surface area contributed by atoms with Crippen molar-refractivity contribution in [3.05, 3.63) is 0 Å². The highest BCUT2D eigenvalue weighted by molar-refractivity contribution is 7.89. The van der Waals surface area contributed by atoms with Gasteiger partial charge < -0.3 is 14.6 Å². The van der Waals surface area contributed by atoms with Crippen molar-refractivity contribution in [2.45, 2.75) is 37.5 Å². The number of carbonyl (C=O) groups is 1. The van der Waals surface area contributed by atoms with E-state index in [0.29, 0.717) is 13.0 Å². The molecule has 2 aliphatic heterocycles. The van der Waals surface area contributed by atoms with Crippen molar-refractivity contribution in [2.75, 3.05) is 26.0 Å². The number of carbonyl (C=O) groups excluding carboxylic acids is 1. The zero-order valence-corrected chi connectivity index (χ0v) is 11.6. The molecule has 0 amide bonds. The topological polar surface area (TPSA) is 93.1 Å². The van der Waals surface area contributed by atoms with Gasteiger partial charge in [-0.2, -0.15) is 4.31 Å². The molecule has 110 valence electrons. The molecule has 2 saturated heterocycles. The Morgan fingerprint density at radius 2 is 2.26 bits per heavy atom. The van der Waals surface area contributed by atoms with Gasteiger partial charge in [-0.3, -0.25) is 4.79 Å². The maximum atomic E-state index is 12.3. The van der Waals surface area contributed by atoms with E-state index in [1.807, 2.05) is 0 Å². The van der Waals surface area contributed by atoms with E-state index >= 15 is 0 Å². The minimum absolute atomic E-state index is 0.0607. The number of ether oxygens (including phenoxy) is 2. The largest absolute Gasteiger partial charge is 0.468 e. The van der Waals surface area contributed by atoms with Gasteiger partial charge in [0.05, 0.1) is 25.1 Å². The highest BCUT2D eigenvalue weighted by Gasteiger charge is 2.44. The van der Waals surface area contributed by atoms with Crippen LogP contribution >= 0.6 is 0 Å². The number of esters is 1. The Labute approximate surface area is 112 Å². The normalized spacial score (nSPS) is 32.6. The molecule has 0 aromatic heterocycles. The van der Waals surface area contributed by atoms with Crippen LogP contribution in [0.3, 0.4) is 0 Å². The maximum absolute atomic E-state index is 12.3. The predicted molar refractivity (Wildman–Crippen MR) is 65.9 cm³/mol. The molecule has 2 fully saturated rings. The van der Waals surface area contributed by atoms with Gasteiger partial charge in [0.2, 0.25) is 10.0 Å². The van der Waals surface area contributed by atoms with Crippen LogP contribution in [0.5, 0.6) is 0 Å². The molecular weight excluding hydrogens is 274 g/mol. The molecule has 3 atom stereocenters. The van der Waals surface area contributed by atoms with Crippen LogP contribution in [0.25, 0.3) is 0 Å². The van der Waals surface area contributed by atoms with Gasteiger partial charge in [-0.15, -0.1) is 0 Å². The monoisotopic (exact) mass is 293 g/mol. The van der Waals surface area contributed by atoms with E-state index in [9.17, 15) is 18.3 Å². The fraction of sp³-hybridized carbons (Fsp3) is 0.909. The zero-order valence-electron chi connectivity index (χ0n) is 10.8. The Morgan fingerprint density at radius 1 is 1.53 bits per heavy atom. The summed E-state index contributed by atoms with van der Waals surface area (Å²) in [7, 11) is -2.43. The standard InChI is InChI=1S/C11H19NO6S/c1-17-11(14)10-5-8(13)6-12(10)19(15,16)7-9-3-2-4-18-9/h8-10,13H,2-7H2,1H3. The second-order valence-electron chi connectivity index (χ2n) is 4.91. The van der Waals surface area contributed by atoms with Crippen LogP contribution in [-0.2, 0) is 24.3 Å². The third-order valence-corrected chi connectivity index (χ3v) is 5.40. The Morgan fingerprint density at radius 3 is 2.84 bits per heavy atom. The number of hydrogen-bond acceptors (Lipinski definition) is 6. The molecule has 3 unspecified atom stereocenters. The van der Waals surface area contributed by atoms with Crippen molar-refractivity contribution in [3.63, 3.8) is 0 Å². The first kappa shape index (κ1) is 14.7. The number of β-amino-alcohol motifs (C(OH)–C–C–N with tert-alkyl or cyclic N) is 1. The predicted octanol–water partition coefficient (Wildman–Crippen LogP) is -0.897. The summed E-state index contributed by atoms with van der Waals surface area (Å²) < 4.78 is 35.5. The van der Waals surface area contributed by atoms with Crippen LogP contribution in [0.15, 0.2) is 0 Å². The summed E-state index contributed by atoms with van der Waals surface area (Å²) >= 11 is 0. The van der Waals surface area contributed by atoms with Gasteiger partial charge in [-0.1, -0.05) is 0 Å². The Bertz CT molecular complexity index is 430. The summed E-state index contributed by atoms with van der Waals surface area (Å²) in [6, 6.07) is -0.925. The first-order valence-corrected chi connectivity index (χ1v) is 7.92. The van der Waals surface area contributed by atoms with Gasteiger partial charge in [-0.25, -0.2) is 8.42 Å². The van der Waals surface area contributed by atoms with Gasteiger partial charge in [0.1, 0.15) is 6.04 Å². The number of nitrogens with zero attached hydrogens (tertiary/aromatic N) is 1. The van der Waals surface area contributed by atoms with Crippen molar-refractivity contribution in [1.29, 1.82) is 0 Å². The van der Waals surface area contributed by atoms with E-state index in [1.54, 1.807) is 0 Å². The molecule has 0 aromatic carbocycles. The Balaban J connectivity index is 2.10. The van der Waals surface area contributed by atoms with Crippen LogP contribution in [-0.4, -0.2) is 68.1 Å². The van der Waals surface area contributed by atoms with Gasteiger partial charge in [0.25, 0.3) is 0 Å². The molecule has 2 aliphatic rings. The number of rotatable bonds is 4. The number of aliphatic hydroxyl groups excluding tert-OH is 1. The molecule has 0 radical (unpaired) electrons. The van der Waals surface area contributed by atoms with Crippen molar-refractivity contribution in [2.24, 2.45) is 0 Å². The van der Waals surface area contributed by atoms with Crippen LogP contribution in [0.4, 0.5) is 0 Å². The summed E-state index contributed by atoms with van der Waals surface area (Å²) in [6.07, 6.45) is 0.489. The number of sulfonamides is 1. The van der Waals surface area contributed by atoms with Gasteiger partial charge in [0, 0.05) is 19.6 Å². The van der Waals surface area contributed by atoms with Crippen molar-refractivity contribution in [1.82, 2.24) is 4.31 Å². The summed E-state index contributed by atoms with van der Waals surface area (Å²) in [4.78, 5) is 11.6. The fourth-order valence-corrected chi connectivity index (χ4v) is 4.43. The van der Waals surface area contributed by atoms with Crippen molar-refractivity contribution < 1.29 is 27.8 Å². The second-order valence-corrected chi connectivity index (χ2v) is 6.88. The molecule has 0 spiro atoms. The van der Waals surface area contributed by atoms with E-state index in [0.717, 1.165) is 10.7 Å². The molecule has 0 aliphatic carbocycles. The summed E-state index contributed by atoms with van der Waals surface area (Å²) in [5.41, 5.74) is 0. The van der Waals surface area contributed by atoms with Gasteiger partial charge >= 0.3 is 5.97 Å². The molecule has 0 aromatic rings. The average Bonchev–Trinajstić information content (AvgIpc) is 2.97. The van der Waals surface area contributed by atoms with Crippen molar-refractivity contribution >= 4 is 16.0 Å². The van der Waals surface area contributed by atoms with Crippen molar-refractivity contribution in [3.8, 4) is 0 Å². The maximum Gasteiger partial charge on any atom is 0.324 e. The van der Waals surface area contributed by atoms with Crippen LogP contribution in [0.1, 0.15) is 19.3 Å². The van der Waals surface area contributed by atoms with Gasteiger partial charge in [0.15, 0.2) is 0 Å². The Hall–Kier alpha value is -0.700. The highest BCUT2D eigenvalue weighted by Crippen LogP contribution is 2.25. The van der Waals surface area contributed by atoms with Crippen LogP contribution in [0.2, 0.25) is 0 Å². The quantitative estimate of drug-likeness (QED) is 0.676. The second kappa shape index (κ2) is 5.74. The minimum Gasteiger partial charge on any atom is -0.468 e. The molecule has 8 heteroatoms. The lowest BCUT2D eigenvalue weighted by molar-refractivity contribution is -0.144. The first-order chi connectivity index (χ1) is 8.94. The van der Waals surface area contributed by atoms with E-state index in [2.05, 4.69) is 4.74 Å². The van der Waals surface area contributed by atoms with Crippen LogP contribution < -0.4 is 0 Å². The molecule has 1 N–H and O–H groups in total. The SMILES string of the molecule is COC(=O)C1CC(O)CN1S(=O)(=O)CC1CCCO1. The van der Waals surface area contributed by atoms with Crippen LogP contribution in [0, 0.1) is 0 Å². The molecular formula is C11H19NO6S. The molecule has 7 nitrogen and oxygen atoms in total. The lowest BCUT2D eigenvalue weighted by Gasteiger charge is -2.23. The number of hydrogen-bond donors (Lipinski definition) is 1. The summed E-state index contributed by atoms with van der Waals surface area (Å²) in [5, 5.41) is 9.59. The third kappa shape index (κ3) is 3.25. The average molecular weight is 293 g/mol. The zero-order chi connectivity index (χ0) is 14.0. The lowest BCUT2D eigenvalue weighted by Crippen LogP contribution is -2.44. The molecule has 0 saturated carbocycles. The van der Waals surface area contributed by atoms with E-state index in [1.165, 1.54) is 7.11 Å². The third-order valence-electron chi connectivity index (χ3n) is 3.48. The smallest absolute Gasteiger partial charge is 0.324 e. The molecule has 19 heavy (non-hydrogen) atoms. The van der Waals surface area contributed by atoms with Gasteiger partial charge in [-0.05, 0) is 12.8 Å². The number of methoxy groups -OCH3 is 1. The Kier molecular flexibility index (Phi) is 4.44. The van der Waals surface area contributed by atoms with E-state index in [-0.39, 0.29) is 24.8 Å². The molecule has 0 bridgehead atoms. The molecule has 2 heterocycles. The highest BCUT2D eigenvalue weighted by atomic mass is 32.2. The number of aliphatic hydroxyl groups is 1. The minimum atomic E-state index is -3.63. The van der Waals surface area contributed by atoms with E-state index < -0.39 is 28.1 Å².